The fourth-order valence-electron chi connectivity index (χ4n) is 5.24. The van der Waals surface area contributed by atoms with E-state index in [1.54, 1.807) is 11.3 Å². The van der Waals surface area contributed by atoms with E-state index in [0.717, 1.165) is 41.6 Å². The van der Waals surface area contributed by atoms with Gasteiger partial charge in [0.25, 0.3) is 0 Å². The predicted molar refractivity (Wildman–Crippen MR) is 149 cm³/mol. The summed E-state index contributed by atoms with van der Waals surface area (Å²) in [6.45, 7) is 5.98. The van der Waals surface area contributed by atoms with Gasteiger partial charge in [-0.25, -0.2) is 4.98 Å². The second-order valence-corrected chi connectivity index (χ2v) is 11.3. The Kier molecular flexibility index (Phi) is 7.04. The molecule has 0 amide bonds. The van der Waals surface area contributed by atoms with Crippen molar-refractivity contribution in [1.82, 2.24) is 9.55 Å². The molecule has 0 radical (unpaired) electrons. The highest BCUT2D eigenvalue weighted by Gasteiger charge is 2.45. The third kappa shape index (κ3) is 4.99. The Morgan fingerprint density at radius 2 is 1.86 bits per heavy atom. The monoisotopic (exact) mass is 514 g/mol. The molecule has 3 heterocycles. The van der Waals surface area contributed by atoms with Crippen LogP contribution in [0.25, 0.3) is 11.0 Å². The molecular weight excluding hydrogens is 480 g/mol. The summed E-state index contributed by atoms with van der Waals surface area (Å²) in [5.41, 5.74) is 3.91. The number of nitrogens with zero attached hydrogens (tertiary/aromatic N) is 2. The summed E-state index contributed by atoms with van der Waals surface area (Å²) in [5.74, 6) is 0.722. The van der Waals surface area contributed by atoms with E-state index < -0.39 is 0 Å². The van der Waals surface area contributed by atoms with E-state index in [-0.39, 0.29) is 29.5 Å². The van der Waals surface area contributed by atoms with Gasteiger partial charge in [-0.1, -0.05) is 43.3 Å². The van der Waals surface area contributed by atoms with E-state index in [9.17, 15) is 9.59 Å². The fraction of sp³-hybridized carbons (Fsp3) is 0.387. The quantitative estimate of drug-likeness (QED) is 0.200. The van der Waals surface area contributed by atoms with Crippen molar-refractivity contribution in [2.45, 2.75) is 70.8 Å². The second kappa shape index (κ2) is 10.3. The average Bonchev–Trinajstić information content (AvgIpc) is 3.37. The summed E-state index contributed by atoms with van der Waals surface area (Å²) in [7, 11) is 1.90. The van der Waals surface area contributed by atoms with Crippen molar-refractivity contribution in [2.24, 2.45) is 7.05 Å². The van der Waals surface area contributed by atoms with Gasteiger partial charge >= 0.3 is 0 Å². The van der Waals surface area contributed by atoms with E-state index in [1.165, 1.54) is 4.88 Å². The van der Waals surface area contributed by atoms with Crippen molar-refractivity contribution in [2.75, 3.05) is 0 Å². The van der Waals surface area contributed by atoms with Gasteiger partial charge in [0, 0.05) is 41.4 Å². The molecule has 1 fully saturated rings. The Bertz CT molecular complexity index is 1430. The van der Waals surface area contributed by atoms with Crippen molar-refractivity contribution < 1.29 is 14.3 Å². The van der Waals surface area contributed by atoms with Gasteiger partial charge < -0.3 is 9.30 Å². The molecule has 5 nitrogen and oxygen atoms in total. The molecule has 0 atom stereocenters. The number of hydrogen-bond donors (Lipinski definition) is 0. The minimum Gasteiger partial charge on any atom is -0.488 e. The number of rotatable bonds is 11. The van der Waals surface area contributed by atoms with Crippen molar-refractivity contribution >= 4 is 33.9 Å². The van der Waals surface area contributed by atoms with Crippen LogP contribution in [-0.4, -0.2) is 27.2 Å². The molecule has 1 saturated carbocycles. The van der Waals surface area contributed by atoms with E-state index in [2.05, 4.69) is 17.5 Å². The summed E-state index contributed by atoms with van der Waals surface area (Å²) in [6.07, 6.45) is 4.47. The molecule has 4 aromatic rings. The lowest BCUT2D eigenvalue weighted by Gasteiger charge is -2.14. The van der Waals surface area contributed by atoms with Crippen molar-refractivity contribution in [3.63, 3.8) is 0 Å². The molecule has 0 aliphatic heterocycles. The zero-order valence-corrected chi connectivity index (χ0v) is 22.9. The zero-order chi connectivity index (χ0) is 26.2. The first-order valence-corrected chi connectivity index (χ1v) is 14.0. The maximum atomic E-state index is 13.7. The number of fused-ring (bicyclic) bond motifs is 1. The highest BCUT2D eigenvalue weighted by molar-refractivity contribution is 7.10. The van der Waals surface area contributed by atoms with Crippen LogP contribution in [0, 0.1) is 0 Å². The smallest absolute Gasteiger partial charge is 0.183 e. The molecule has 1 aliphatic carbocycles. The fourth-order valence-corrected chi connectivity index (χ4v) is 6.26. The molecule has 1 aliphatic rings. The standard InChI is InChI=1S/C31H34N2O3S/c1-5-24-22(19-26(35)21-10-7-6-8-11-21)18-23-29(36-20(2)3)28(33(4)30(23)32-24)25(34)13-14-31(15-16-31)27-12-9-17-37-27/h6-12,17-18,20H,5,13-16,19H2,1-4H3. The number of Topliss-reactive ketones (excluding diaryl/α,β-unsaturated/α-hetero) is 2. The molecule has 192 valence electrons. The highest BCUT2D eigenvalue weighted by Crippen LogP contribution is 2.53. The first-order chi connectivity index (χ1) is 17.8. The van der Waals surface area contributed by atoms with Gasteiger partial charge in [0.15, 0.2) is 17.3 Å². The van der Waals surface area contributed by atoms with Crippen LogP contribution in [0.1, 0.15) is 83.4 Å². The number of aryl methyl sites for hydroxylation is 2. The minimum atomic E-state index is -0.0988. The Balaban J connectivity index is 1.50. The number of ether oxygens (including phenoxy) is 1. The predicted octanol–water partition coefficient (Wildman–Crippen LogP) is 7.10. The Labute approximate surface area is 222 Å². The molecule has 37 heavy (non-hydrogen) atoms. The van der Waals surface area contributed by atoms with Crippen LogP contribution in [0.2, 0.25) is 0 Å². The van der Waals surface area contributed by atoms with Crippen LogP contribution < -0.4 is 4.74 Å². The van der Waals surface area contributed by atoms with Crippen LogP contribution in [0.4, 0.5) is 0 Å². The first kappa shape index (κ1) is 25.4. The molecule has 0 unspecified atom stereocenters. The Morgan fingerprint density at radius 1 is 1.11 bits per heavy atom. The lowest BCUT2D eigenvalue weighted by Crippen LogP contribution is -2.14. The lowest BCUT2D eigenvalue weighted by atomic mass is 9.95. The van der Waals surface area contributed by atoms with Gasteiger partial charge in [-0.15, -0.1) is 11.3 Å². The van der Waals surface area contributed by atoms with E-state index in [0.29, 0.717) is 29.8 Å². The third-order valence-electron chi connectivity index (χ3n) is 7.41. The van der Waals surface area contributed by atoms with Crippen LogP contribution >= 0.6 is 11.3 Å². The van der Waals surface area contributed by atoms with Crippen LogP contribution in [0.5, 0.6) is 5.75 Å². The summed E-state index contributed by atoms with van der Waals surface area (Å²) in [6, 6.07) is 15.7. The van der Waals surface area contributed by atoms with Crippen molar-refractivity contribution in [3.8, 4) is 5.75 Å². The molecule has 0 N–H and O–H groups in total. The largest absolute Gasteiger partial charge is 0.488 e. The number of ketones is 2. The number of pyridine rings is 1. The Hall–Kier alpha value is -3.25. The average molecular weight is 515 g/mol. The van der Waals surface area contributed by atoms with E-state index >= 15 is 0 Å². The molecule has 6 heteroatoms. The topological polar surface area (TPSA) is 61.2 Å². The summed E-state index contributed by atoms with van der Waals surface area (Å²) < 4.78 is 8.16. The van der Waals surface area contributed by atoms with Crippen LogP contribution in [-0.2, 0) is 25.3 Å². The van der Waals surface area contributed by atoms with Gasteiger partial charge in [0.05, 0.1) is 11.5 Å². The van der Waals surface area contributed by atoms with E-state index in [4.69, 9.17) is 9.72 Å². The van der Waals surface area contributed by atoms with Gasteiger partial charge in [0.1, 0.15) is 11.3 Å². The number of thiophene rings is 1. The second-order valence-electron chi connectivity index (χ2n) is 10.4. The summed E-state index contributed by atoms with van der Waals surface area (Å²) in [4.78, 5) is 33.1. The molecule has 5 rings (SSSR count). The van der Waals surface area contributed by atoms with E-state index in [1.807, 2.05) is 68.8 Å². The molecule has 3 aromatic heterocycles. The normalized spacial score (nSPS) is 14.3. The number of aromatic nitrogens is 2. The van der Waals surface area contributed by atoms with Gasteiger partial charge in [0.2, 0.25) is 0 Å². The SMILES string of the molecule is CCc1nc2c(cc1CC(=O)c1ccccc1)c(OC(C)C)c(C(=O)CCC1(c3cccs3)CC1)n2C. The number of carbonyl (C=O) groups excluding carboxylic acids is 2. The number of hydrogen-bond acceptors (Lipinski definition) is 5. The first-order valence-electron chi connectivity index (χ1n) is 13.2. The van der Waals surface area contributed by atoms with Gasteiger partial charge in [-0.2, -0.15) is 0 Å². The number of carbonyl (C=O) groups is 2. The maximum Gasteiger partial charge on any atom is 0.183 e. The zero-order valence-electron chi connectivity index (χ0n) is 22.0. The minimum absolute atomic E-state index is 0.0540. The lowest BCUT2D eigenvalue weighted by molar-refractivity contribution is 0.0960. The third-order valence-corrected chi connectivity index (χ3v) is 8.53. The molecular formula is C31H34N2O3S. The summed E-state index contributed by atoms with van der Waals surface area (Å²) in [5, 5.41) is 2.92. The molecule has 1 aromatic carbocycles. The number of benzene rings is 1. The molecule has 0 saturated heterocycles. The maximum absolute atomic E-state index is 13.7. The van der Waals surface area contributed by atoms with Crippen molar-refractivity contribution in [3.05, 3.63) is 81.3 Å². The summed E-state index contributed by atoms with van der Waals surface area (Å²) >= 11 is 1.79. The molecule has 0 bridgehead atoms. The highest BCUT2D eigenvalue weighted by atomic mass is 32.1. The van der Waals surface area contributed by atoms with Crippen molar-refractivity contribution in [1.29, 1.82) is 0 Å². The Morgan fingerprint density at radius 3 is 2.49 bits per heavy atom. The van der Waals surface area contributed by atoms with Gasteiger partial charge in [-0.3, -0.25) is 9.59 Å². The van der Waals surface area contributed by atoms with Crippen LogP contribution in [0.15, 0.2) is 53.9 Å². The van der Waals surface area contributed by atoms with Crippen LogP contribution in [0.3, 0.4) is 0 Å². The van der Waals surface area contributed by atoms with Gasteiger partial charge in [-0.05, 0) is 62.6 Å². The molecule has 0 spiro atoms.